The van der Waals surface area contributed by atoms with Gasteiger partial charge in [-0.3, -0.25) is 4.79 Å². The van der Waals surface area contributed by atoms with Gasteiger partial charge in [0.05, 0.1) is 0 Å². The number of hydrogen-bond donors (Lipinski definition) is 1. The molecule has 6 heteroatoms. The van der Waals surface area contributed by atoms with Crippen molar-refractivity contribution < 1.29 is 18.3 Å². The minimum Gasteiger partial charge on any atom is -0.486 e. The Morgan fingerprint density at radius 1 is 1.21 bits per heavy atom. The van der Waals surface area contributed by atoms with Crippen LogP contribution in [0.5, 0.6) is 5.75 Å². The summed E-state index contributed by atoms with van der Waals surface area (Å²) < 4.78 is 23.8. The van der Waals surface area contributed by atoms with E-state index in [-0.39, 0.29) is 24.1 Å². The van der Waals surface area contributed by atoms with Crippen molar-refractivity contribution in [3.05, 3.63) is 77.6 Å². The summed E-state index contributed by atoms with van der Waals surface area (Å²) in [6.07, 6.45) is 1.60. The fourth-order valence-electron chi connectivity index (χ4n) is 2.05. The summed E-state index contributed by atoms with van der Waals surface area (Å²) in [5.41, 5.74) is 0.859. The van der Waals surface area contributed by atoms with Gasteiger partial charge in [0.25, 0.3) is 5.91 Å². The van der Waals surface area contributed by atoms with Crippen LogP contribution in [0.4, 0.5) is 10.2 Å². The molecule has 0 aliphatic carbocycles. The van der Waals surface area contributed by atoms with E-state index in [1.807, 2.05) is 13.0 Å². The van der Waals surface area contributed by atoms with Crippen LogP contribution >= 0.6 is 0 Å². The third-order valence-electron chi connectivity index (χ3n) is 3.32. The Morgan fingerprint density at radius 2 is 2.00 bits per heavy atom. The van der Waals surface area contributed by atoms with E-state index in [4.69, 9.17) is 9.15 Å². The number of furan rings is 1. The minimum absolute atomic E-state index is 0.140. The number of nitrogens with zero attached hydrogens (tertiary/aromatic N) is 1. The molecule has 1 aromatic carbocycles. The monoisotopic (exact) mass is 326 g/mol. The highest BCUT2D eigenvalue weighted by molar-refractivity contribution is 6.02. The molecule has 1 N–H and O–H groups in total. The van der Waals surface area contributed by atoms with Crippen LogP contribution in [-0.4, -0.2) is 10.9 Å². The SMILES string of the molecule is Cc1cccnc1NC(=O)c1ccc(COc2ccc(F)cc2)o1. The molecule has 2 aromatic heterocycles. The lowest BCUT2D eigenvalue weighted by Crippen LogP contribution is -2.13. The van der Waals surface area contributed by atoms with E-state index in [2.05, 4.69) is 10.3 Å². The molecule has 0 bridgehead atoms. The Bertz CT molecular complexity index is 843. The standard InChI is InChI=1S/C18H15FN2O3/c1-12-3-2-10-20-17(12)21-18(22)16-9-8-15(24-16)11-23-14-6-4-13(19)5-7-14/h2-10H,11H2,1H3,(H,20,21,22). The van der Waals surface area contributed by atoms with Gasteiger partial charge in [0, 0.05) is 6.20 Å². The molecule has 5 nitrogen and oxygen atoms in total. The fraction of sp³-hybridized carbons (Fsp3) is 0.111. The van der Waals surface area contributed by atoms with E-state index in [0.29, 0.717) is 17.3 Å². The average Bonchev–Trinajstić information content (AvgIpc) is 3.06. The molecule has 0 spiro atoms. The Hall–Kier alpha value is -3.15. The van der Waals surface area contributed by atoms with Gasteiger partial charge >= 0.3 is 0 Å². The van der Waals surface area contributed by atoms with E-state index in [9.17, 15) is 9.18 Å². The van der Waals surface area contributed by atoms with Crippen LogP contribution < -0.4 is 10.1 Å². The van der Waals surface area contributed by atoms with Crippen LogP contribution in [0.1, 0.15) is 21.9 Å². The van der Waals surface area contributed by atoms with Gasteiger partial charge in [0.1, 0.15) is 29.8 Å². The molecule has 0 aliphatic heterocycles. The molecule has 0 fully saturated rings. The summed E-state index contributed by atoms with van der Waals surface area (Å²) in [4.78, 5) is 16.3. The number of rotatable bonds is 5. The zero-order chi connectivity index (χ0) is 16.9. The number of carbonyl (C=O) groups is 1. The maximum atomic E-state index is 12.8. The van der Waals surface area contributed by atoms with Gasteiger partial charge in [-0.05, 0) is 55.0 Å². The molecule has 0 atom stereocenters. The number of pyridine rings is 1. The van der Waals surface area contributed by atoms with Crippen LogP contribution in [0.2, 0.25) is 0 Å². The van der Waals surface area contributed by atoms with Crippen molar-refractivity contribution in [3.63, 3.8) is 0 Å². The van der Waals surface area contributed by atoms with Gasteiger partial charge in [-0.2, -0.15) is 0 Å². The van der Waals surface area contributed by atoms with Gasteiger partial charge < -0.3 is 14.5 Å². The van der Waals surface area contributed by atoms with Gasteiger partial charge in [-0.1, -0.05) is 6.07 Å². The Morgan fingerprint density at radius 3 is 2.75 bits per heavy atom. The van der Waals surface area contributed by atoms with Crippen molar-refractivity contribution in [2.45, 2.75) is 13.5 Å². The highest BCUT2D eigenvalue weighted by atomic mass is 19.1. The summed E-state index contributed by atoms with van der Waals surface area (Å²) >= 11 is 0. The van der Waals surface area contributed by atoms with E-state index >= 15 is 0 Å². The number of aryl methyl sites for hydroxylation is 1. The van der Waals surface area contributed by atoms with E-state index in [1.54, 1.807) is 24.4 Å². The Balaban J connectivity index is 1.61. The molecule has 0 saturated carbocycles. The third kappa shape index (κ3) is 3.78. The maximum absolute atomic E-state index is 12.8. The highest BCUT2D eigenvalue weighted by Gasteiger charge is 2.13. The lowest BCUT2D eigenvalue weighted by molar-refractivity contribution is 0.0992. The number of halogens is 1. The van der Waals surface area contributed by atoms with Gasteiger partial charge in [0.2, 0.25) is 0 Å². The molecule has 24 heavy (non-hydrogen) atoms. The lowest BCUT2D eigenvalue weighted by atomic mass is 10.3. The second kappa shape index (κ2) is 6.95. The molecule has 3 aromatic rings. The minimum atomic E-state index is -0.384. The summed E-state index contributed by atoms with van der Waals surface area (Å²) in [5.74, 6) is 0.944. The Kier molecular flexibility index (Phi) is 4.56. The molecule has 0 aliphatic rings. The van der Waals surface area contributed by atoms with Crippen LogP contribution in [0.25, 0.3) is 0 Å². The first-order chi connectivity index (χ1) is 11.6. The van der Waals surface area contributed by atoms with Crippen molar-refractivity contribution in [1.82, 2.24) is 4.98 Å². The molecule has 3 rings (SSSR count). The Labute approximate surface area is 138 Å². The number of benzene rings is 1. The summed E-state index contributed by atoms with van der Waals surface area (Å²) in [6.45, 7) is 1.99. The average molecular weight is 326 g/mol. The third-order valence-corrected chi connectivity index (χ3v) is 3.32. The number of carbonyl (C=O) groups excluding carboxylic acids is 1. The number of anilines is 1. The van der Waals surface area contributed by atoms with Crippen molar-refractivity contribution in [2.75, 3.05) is 5.32 Å². The lowest BCUT2D eigenvalue weighted by Gasteiger charge is -2.05. The van der Waals surface area contributed by atoms with Crippen molar-refractivity contribution in [3.8, 4) is 5.75 Å². The molecule has 2 heterocycles. The summed E-state index contributed by atoms with van der Waals surface area (Å²) in [7, 11) is 0. The van der Waals surface area contributed by atoms with Crippen molar-refractivity contribution in [1.29, 1.82) is 0 Å². The summed E-state index contributed by atoms with van der Waals surface area (Å²) in [6, 6.07) is 12.5. The van der Waals surface area contributed by atoms with Crippen molar-refractivity contribution >= 4 is 11.7 Å². The van der Waals surface area contributed by atoms with E-state index in [0.717, 1.165) is 5.56 Å². The second-order valence-corrected chi connectivity index (χ2v) is 5.13. The largest absolute Gasteiger partial charge is 0.486 e. The van der Waals surface area contributed by atoms with Crippen LogP contribution in [0.15, 0.2) is 59.1 Å². The molecular formula is C18H15FN2O3. The maximum Gasteiger partial charge on any atom is 0.292 e. The van der Waals surface area contributed by atoms with Crippen LogP contribution in [0, 0.1) is 12.7 Å². The van der Waals surface area contributed by atoms with Gasteiger partial charge in [-0.25, -0.2) is 9.37 Å². The molecule has 1 amide bonds. The van der Waals surface area contributed by atoms with Gasteiger partial charge in [-0.15, -0.1) is 0 Å². The number of amides is 1. The van der Waals surface area contributed by atoms with Crippen molar-refractivity contribution in [2.24, 2.45) is 0 Å². The first-order valence-corrected chi connectivity index (χ1v) is 7.32. The molecule has 122 valence electrons. The fourth-order valence-corrected chi connectivity index (χ4v) is 2.05. The zero-order valence-electron chi connectivity index (χ0n) is 13.0. The second-order valence-electron chi connectivity index (χ2n) is 5.13. The summed E-state index contributed by atoms with van der Waals surface area (Å²) in [5, 5.41) is 2.69. The smallest absolute Gasteiger partial charge is 0.292 e. The first-order valence-electron chi connectivity index (χ1n) is 7.32. The van der Waals surface area contributed by atoms with Crippen LogP contribution in [0.3, 0.4) is 0 Å². The van der Waals surface area contributed by atoms with Crippen LogP contribution in [-0.2, 0) is 6.61 Å². The van der Waals surface area contributed by atoms with E-state index < -0.39 is 0 Å². The number of nitrogens with one attached hydrogen (secondary N) is 1. The predicted octanol–water partition coefficient (Wildman–Crippen LogP) is 3.95. The highest BCUT2D eigenvalue weighted by Crippen LogP contribution is 2.16. The normalized spacial score (nSPS) is 10.4. The zero-order valence-corrected chi connectivity index (χ0v) is 13.0. The quantitative estimate of drug-likeness (QED) is 0.771. The number of aromatic nitrogens is 1. The predicted molar refractivity (Wildman–Crippen MR) is 86.4 cm³/mol. The first kappa shape index (κ1) is 15.7. The molecular weight excluding hydrogens is 311 g/mol. The number of ether oxygens (including phenoxy) is 1. The van der Waals surface area contributed by atoms with E-state index in [1.165, 1.54) is 24.3 Å². The number of hydrogen-bond acceptors (Lipinski definition) is 4. The molecule has 0 saturated heterocycles. The van der Waals surface area contributed by atoms with Gasteiger partial charge in [0.15, 0.2) is 5.76 Å². The molecule has 0 unspecified atom stereocenters. The topological polar surface area (TPSA) is 64.4 Å². The molecule has 0 radical (unpaired) electrons.